The van der Waals surface area contributed by atoms with E-state index >= 15 is 0 Å². The highest BCUT2D eigenvalue weighted by Gasteiger charge is 2.16. The molecule has 0 aliphatic carbocycles. The molecule has 0 saturated heterocycles. The Morgan fingerprint density at radius 1 is 1.10 bits per heavy atom. The summed E-state index contributed by atoms with van der Waals surface area (Å²) in [5.41, 5.74) is 1.92. The summed E-state index contributed by atoms with van der Waals surface area (Å²) in [7, 11) is -2.25. The van der Waals surface area contributed by atoms with Gasteiger partial charge in [0.15, 0.2) is 4.34 Å². The van der Waals surface area contributed by atoms with E-state index in [1.807, 2.05) is 30.3 Å². The van der Waals surface area contributed by atoms with Crippen LogP contribution in [0.15, 0.2) is 57.8 Å². The maximum Gasteiger partial charge on any atom is 0.240 e. The molecule has 0 bridgehead atoms. The third-order valence-electron chi connectivity index (χ3n) is 3.79. The molecule has 8 nitrogen and oxygen atoms in total. The normalized spacial score (nSPS) is 11.2. The third-order valence-corrected chi connectivity index (χ3v) is 7.32. The number of rotatable bonds is 8. The highest BCUT2D eigenvalue weighted by Crippen LogP contribution is 2.28. The average Bonchev–Trinajstić information content (AvgIpc) is 3.16. The van der Waals surface area contributed by atoms with Gasteiger partial charge in [0.1, 0.15) is 0 Å². The molecule has 0 fully saturated rings. The third kappa shape index (κ3) is 5.76. The van der Waals surface area contributed by atoms with Crippen LogP contribution in [0.1, 0.15) is 5.56 Å². The number of para-hydroxylation sites is 1. The Bertz CT molecular complexity index is 1100. The van der Waals surface area contributed by atoms with Gasteiger partial charge in [-0.25, -0.2) is 13.1 Å². The molecule has 29 heavy (non-hydrogen) atoms. The lowest BCUT2D eigenvalue weighted by Gasteiger charge is -2.10. The number of aromatic nitrogens is 2. The molecule has 0 spiro atoms. The molecule has 0 aliphatic rings. The smallest absolute Gasteiger partial charge is 0.240 e. The van der Waals surface area contributed by atoms with Crippen LogP contribution in [0, 0.1) is 6.92 Å². The maximum absolute atomic E-state index is 12.2. The van der Waals surface area contributed by atoms with E-state index in [0.29, 0.717) is 20.7 Å². The van der Waals surface area contributed by atoms with Crippen molar-refractivity contribution >= 4 is 55.5 Å². The Labute approximate surface area is 177 Å². The molecule has 11 heteroatoms. The lowest BCUT2D eigenvalue weighted by atomic mass is 10.2. The molecule has 0 unspecified atom stereocenters. The van der Waals surface area contributed by atoms with Crippen LogP contribution in [0.3, 0.4) is 0 Å². The first kappa shape index (κ1) is 21.2. The highest BCUT2D eigenvalue weighted by molar-refractivity contribution is 8.01. The molecule has 3 aromatic rings. The second kappa shape index (κ2) is 9.35. The Balaban J connectivity index is 1.57. The van der Waals surface area contributed by atoms with E-state index < -0.39 is 10.0 Å². The fourth-order valence-electron chi connectivity index (χ4n) is 2.37. The van der Waals surface area contributed by atoms with Crippen molar-refractivity contribution in [1.29, 1.82) is 0 Å². The predicted octanol–water partition coefficient (Wildman–Crippen LogP) is 3.23. The number of nitrogens with zero attached hydrogens (tertiary/aromatic N) is 2. The summed E-state index contributed by atoms with van der Waals surface area (Å²) in [5.74, 6) is -0.137. The predicted molar refractivity (Wildman–Crippen MR) is 116 cm³/mol. The minimum Gasteiger partial charge on any atom is -0.330 e. The fourth-order valence-corrected chi connectivity index (χ4v) is 4.93. The Kier molecular flexibility index (Phi) is 6.85. The molecular weight excluding hydrogens is 430 g/mol. The van der Waals surface area contributed by atoms with Gasteiger partial charge in [-0.3, -0.25) is 4.79 Å². The van der Waals surface area contributed by atoms with Gasteiger partial charge in [-0.1, -0.05) is 47.4 Å². The van der Waals surface area contributed by atoms with Gasteiger partial charge in [-0.15, -0.1) is 10.2 Å². The number of benzene rings is 2. The van der Waals surface area contributed by atoms with Gasteiger partial charge in [0.05, 0.1) is 10.6 Å². The number of nitrogens with one attached hydrogen (secondary N) is 3. The van der Waals surface area contributed by atoms with Gasteiger partial charge in [0.2, 0.25) is 21.1 Å². The summed E-state index contributed by atoms with van der Waals surface area (Å²) in [5, 5.41) is 14.6. The molecule has 3 rings (SSSR count). The summed E-state index contributed by atoms with van der Waals surface area (Å²) in [6.07, 6.45) is 0. The van der Waals surface area contributed by atoms with E-state index in [1.54, 1.807) is 19.1 Å². The van der Waals surface area contributed by atoms with Crippen LogP contribution < -0.4 is 15.4 Å². The van der Waals surface area contributed by atoms with Crippen molar-refractivity contribution in [3.05, 3.63) is 54.1 Å². The summed E-state index contributed by atoms with van der Waals surface area (Å²) >= 11 is 2.61. The van der Waals surface area contributed by atoms with E-state index in [1.165, 1.54) is 36.2 Å². The van der Waals surface area contributed by atoms with Gasteiger partial charge in [-0.2, -0.15) is 0 Å². The summed E-state index contributed by atoms with van der Waals surface area (Å²) in [6, 6.07) is 14.4. The quantitative estimate of drug-likeness (QED) is 0.453. The number of thioether (sulfide) groups is 1. The highest BCUT2D eigenvalue weighted by atomic mass is 32.2. The van der Waals surface area contributed by atoms with E-state index in [9.17, 15) is 13.2 Å². The average molecular weight is 450 g/mol. The van der Waals surface area contributed by atoms with Crippen LogP contribution in [-0.2, 0) is 14.8 Å². The zero-order chi connectivity index (χ0) is 20.9. The van der Waals surface area contributed by atoms with Crippen molar-refractivity contribution in [3.8, 4) is 0 Å². The van der Waals surface area contributed by atoms with Crippen molar-refractivity contribution in [1.82, 2.24) is 14.9 Å². The van der Waals surface area contributed by atoms with Gasteiger partial charge in [0.25, 0.3) is 0 Å². The van der Waals surface area contributed by atoms with Crippen molar-refractivity contribution in [3.63, 3.8) is 0 Å². The lowest BCUT2D eigenvalue weighted by Crippen LogP contribution is -2.20. The topological polar surface area (TPSA) is 113 Å². The second-order valence-electron chi connectivity index (χ2n) is 5.89. The van der Waals surface area contributed by atoms with Gasteiger partial charge >= 0.3 is 0 Å². The number of carbonyl (C=O) groups is 1. The first-order valence-electron chi connectivity index (χ1n) is 8.50. The molecule has 0 atom stereocenters. The van der Waals surface area contributed by atoms with Gasteiger partial charge in [0, 0.05) is 11.4 Å². The number of carbonyl (C=O) groups excluding carboxylic acids is 1. The maximum atomic E-state index is 12.2. The number of sulfonamides is 1. The van der Waals surface area contributed by atoms with Crippen molar-refractivity contribution < 1.29 is 13.2 Å². The van der Waals surface area contributed by atoms with Crippen molar-refractivity contribution in [2.75, 3.05) is 23.4 Å². The molecule has 152 valence electrons. The number of hydrogen-bond donors (Lipinski definition) is 3. The van der Waals surface area contributed by atoms with Crippen LogP contribution in [0.5, 0.6) is 0 Å². The standard InChI is InChI=1S/C18H19N5O3S3/c1-12-8-9-14(10-15(12)29(25,26)19-2)20-16(24)11-27-18-23-22-17(28-18)21-13-6-4-3-5-7-13/h3-10,19H,11H2,1-2H3,(H,20,24)(H,21,22). The molecule has 0 saturated carbocycles. The van der Waals surface area contributed by atoms with E-state index in [2.05, 4.69) is 25.6 Å². The minimum atomic E-state index is -3.60. The summed E-state index contributed by atoms with van der Waals surface area (Å²) in [6.45, 7) is 1.70. The van der Waals surface area contributed by atoms with Crippen LogP contribution in [0.2, 0.25) is 0 Å². The largest absolute Gasteiger partial charge is 0.330 e. The van der Waals surface area contributed by atoms with E-state index in [0.717, 1.165) is 5.69 Å². The van der Waals surface area contributed by atoms with Crippen molar-refractivity contribution in [2.24, 2.45) is 0 Å². The van der Waals surface area contributed by atoms with Gasteiger partial charge < -0.3 is 10.6 Å². The van der Waals surface area contributed by atoms with E-state index in [4.69, 9.17) is 0 Å². The molecule has 0 radical (unpaired) electrons. The number of anilines is 3. The SMILES string of the molecule is CNS(=O)(=O)c1cc(NC(=O)CSc2nnc(Nc3ccccc3)s2)ccc1C. The number of amides is 1. The van der Waals surface area contributed by atoms with Crippen molar-refractivity contribution in [2.45, 2.75) is 16.2 Å². The molecule has 0 aliphatic heterocycles. The summed E-state index contributed by atoms with van der Waals surface area (Å²) in [4.78, 5) is 12.4. The van der Waals surface area contributed by atoms with Crippen LogP contribution >= 0.6 is 23.1 Å². The number of hydrogen-bond acceptors (Lipinski definition) is 8. The minimum absolute atomic E-state index is 0.127. The Morgan fingerprint density at radius 3 is 2.59 bits per heavy atom. The number of aryl methyl sites for hydroxylation is 1. The molecule has 1 heterocycles. The molecule has 1 amide bonds. The lowest BCUT2D eigenvalue weighted by molar-refractivity contribution is -0.113. The van der Waals surface area contributed by atoms with Crippen LogP contribution in [0.4, 0.5) is 16.5 Å². The Morgan fingerprint density at radius 2 is 1.86 bits per heavy atom. The Hall–Kier alpha value is -2.47. The fraction of sp³-hybridized carbons (Fsp3) is 0.167. The zero-order valence-electron chi connectivity index (χ0n) is 15.7. The summed E-state index contributed by atoms with van der Waals surface area (Å²) < 4.78 is 27.0. The second-order valence-corrected chi connectivity index (χ2v) is 9.94. The molecule has 1 aromatic heterocycles. The molecule has 2 aromatic carbocycles. The monoisotopic (exact) mass is 449 g/mol. The van der Waals surface area contributed by atoms with Crippen LogP contribution in [-0.4, -0.2) is 37.3 Å². The first-order valence-corrected chi connectivity index (χ1v) is 11.8. The zero-order valence-corrected chi connectivity index (χ0v) is 18.1. The van der Waals surface area contributed by atoms with Crippen LogP contribution in [0.25, 0.3) is 0 Å². The molecular formula is C18H19N5O3S3. The van der Waals surface area contributed by atoms with E-state index in [-0.39, 0.29) is 16.6 Å². The molecule has 3 N–H and O–H groups in total. The van der Waals surface area contributed by atoms with Gasteiger partial charge in [-0.05, 0) is 43.8 Å². The first-order chi connectivity index (χ1) is 13.9.